The predicted octanol–water partition coefficient (Wildman–Crippen LogP) is 0.636. The zero-order chi connectivity index (χ0) is 14.5. The van der Waals surface area contributed by atoms with Gasteiger partial charge in [-0.05, 0) is 6.42 Å². The molecule has 2 saturated heterocycles. The van der Waals surface area contributed by atoms with E-state index in [4.69, 9.17) is 5.11 Å². The van der Waals surface area contributed by atoms with Crippen LogP contribution in [0.2, 0.25) is 0 Å². The van der Waals surface area contributed by atoms with Gasteiger partial charge in [-0.1, -0.05) is 6.92 Å². The van der Waals surface area contributed by atoms with Gasteiger partial charge in [-0.25, -0.2) is 4.79 Å². The molecule has 2 fully saturated rings. The molecule has 2 amide bonds. The summed E-state index contributed by atoms with van der Waals surface area (Å²) in [4.78, 5) is 28.8. The number of carbonyl (C=O) groups is 2. The number of piperazine rings is 1. The van der Waals surface area contributed by atoms with Crippen LogP contribution in [0.25, 0.3) is 0 Å². The standard InChI is InChI=1S/C13H23N3O3S/c1-2-11-9-16(7-8-20-11)13(19)15-5-3-14(4-6-15)10-12(17)18/h11H,2-10H2,1H3,(H,17,18). The van der Waals surface area contributed by atoms with Gasteiger partial charge in [0.1, 0.15) is 0 Å². The summed E-state index contributed by atoms with van der Waals surface area (Å²) in [5.41, 5.74) is 0. The lowest BCUT2D eigenvalue weighted by Gasteiger charge is -2.39. The maximum absolute atomic E-state index is 12.5. The van der Waals surface area contributed by atoms with E-state index in [1.165, 1.54) is 0 Å². The monoisotopic (exact) mass is 301 g/mol. The second-order valence-corrected chi connectivity index (χ2v) is 6.69. The summed E-state index contributed by atoms with van der Waals surface area (Å²) in [7, 11) is 0. The van der Waals surface area contributed by atoms with Crippen LogP contribution < -0.4 is 0 Å². The Bertz CT molecular complexity index is 359. The molecule has 0 aromatic heterocycles. The van der Waals surface area contributed by atoms with E-state index in [1.54, 1.807) is 0 Å². The third kappa shape index (κ3) is 4.02. The number of rotatable bonds is 3. The van der Waals surface area contributed by atoms with Gasteiger partial charge < -0.3 is 14.9 Å². The molecule has 2 aliphatic heterocycles. The summed E-state index contributed by atoms with van der Waals surface area (Å²) in [5, 5.41) is 9.32. The van der Waals surface area contributed by atoms with Gasteiger partial charge >= 0.3 is 12.0 Å². The van der Waals surface area contributed by atoms with E-state index in [9.17, 15) is 9.59 Å². The van der Waals surface area contributed by atoms with E-state index >= 15 is 0 Å². The number of carbonyl (C=O) groups excluding carboxylic acids is 1. The van der Waals surface area contributed by atoms with Crippen LogP contribution >= 0.6 is 11.8 Å². The second-order valence-electron chi connectivity index (χ2n) is 5.29. The number of amides is 2. The first kappa shape index (κ1) is 15.4. The van der Waals surface area contributed by atoms with Crippen LogP contribution in [0, 0.1) is 0 Å². The summed E-state index contributed by atoms with van der Waals surface area (Å²) < 4.78 is 0. The highest BCUT2D eigenvalue weighted by Gasteiger charge is 2.29. The molecule has 0 saturated carbocycles. The zero-order valence-corrected chi connectivity index (χ0v) is 12.8. The third-order valence-electron chi connectivity index (χ3n) is 3.87. The van der Waals surface area contributed by atoms with Gasteiger partial charge in [0.15, 0.2) is 0 Å². The fourth-order valence-electron chi connectivity index (χ4n) is 2.63. The molecular formula is C13H23N3O3S. The molecule has 114 valence electrons. The number of hydrogen-bond acceptors (Lipinski definition) is 4. The molecular weight excluding hydrogens is 278 g/mol. The van der Waals surface area contributed by atoms with Crippen molar-refractivity contribution in [1.29, 1.82) is 0 Å². The SMILES string of the molecule is CCC1CN(C(=O)N2CCN(CC(=O)O)CC2)CCS1. The Labute approximate surface area is 124 Å². The maximum atomic E-state index is 12.5. The minimum atomic E-state index is -0.802. The highest BCUT2D eigenvalue weighted by atomic mass is 32.2. The molecule has 6 nitrogen and oxygen atoms in total. The smallest absolute Gasteiger partial charge is 0.320 e. The van der Waals surface area contributed by atoms with Gasteiger partial charge in [-0.15, -0.1) is 0 Å². The first-order chi connectivity index (χ1) is 9.60. The van der Waals surface area contributed by atoms with Crippen molar-refractivity contribution in [2.45, 2.75) is 18.6 Å². The van der Waals surface area contributed by atoms with Gasteiger partial charge in [0, 0.05) is 50.3 Å². The molecule has 2 aliphatic rings. The normalized spacial score (nSPS) is 24.8. The molecule has 0 radical (unpaired) electrons. The average molecular weight is 301 g/mol. The van der Waals surface area contributed by atoms with Crippen LogP contribution in [0.1, 0.15) is 13.3 Å². The molecule has 2 heterocycles. The van der Waals surface area contributed by atoms with Crippen molar-refractivity contribution in [3.05, 3.63) is 0 Å². The molecule has 1 atom stereocenters. The Morgan fingerprint density at radius 2 is 1.85 bits per heavy atom. The molecule has 0 aromatic rings. The molecule has 20 heavy (non-hydrogen) atoms. The van der Waals surface area contributed by atoms with Crippen molar-refractivity contribution in [3.8, 4) is 0 Å². The molecule has 0 aliphatic carbocycles. The second kappa shape index (κ2) is 7.17. The molecule has 0 bridgehead atoms. The fourth-order valence-corrected chi connectivity index (χ4v) is 3.81. The Morgan fingerprint density at radius 1 is 1.15 bits per heavy atom. The van der Waals surface area contributed by atoms with Crippen LogP contribution in [-0.4, -0.2) is 88.6 Å². The van der Waals surface area contributed by atoms with Crippen LogP contribution in [0.5, 0.6) is 0 Å². The minimum Gasteiger partial charge on any atom is -0.480 e. The number of nitrogens with zero attached hydrogens (tertiary/aromatic N) is 3. The van der Waals surface area contributed by atoms with E-state index in [2.05, 4.69) is 6.92 Å². The van der Waals surface area contributed by atoms with Crippen molar-refractivity contribution >= 4 is 23.8 Å². The van der Waals surface area contributed by atoms with Crippen molar-refractivity contribution in [2.75, 3.05) is 51.6 Å². The fraction of sp³-hybridized carbons (Fsp3) is 0.846. The van der Waals surface area contributed by atoms with Gasteiger partial charge in [0.05, 0.1) is 6.54 Å². The number of aliphatic carboxylic acids is 1. The van der Waals surface area contributed by atoms with E-state index in [0.717, 1.165) is 25.3 Å². The lowest BCUT2D eigenvalue weighted by atomic mass is 10.3. The highest BCUT2D eigenvalue weighted by Crippen LogP contribution is 2.22. The first-order valence-corrected chi connectivity index (χ1v) is 8.24. The quantitative estimate of drug-likeness (QED) is 0.828. The summed E-state index contributed by atoms with van der Waals surface area (Å²) >= 11 is 1.95. The summed E-state index contributed by atoms with van der Waals surface area (Å²) in [6, 6.07) is 0.124. The van der Waals surface area contributed by atoms with Crippen LogP contribution in [0.3, 0.4) is 0 Å². The van der Waals surface area contributed by atoms with Crippen molar-refractivity contribution in [2.24, 2.45) is 0 Å². The largest absolute Gasteiger partial charge is 0.480 e. The first-order valence-electron chi connectivity index (χ1n) is 7.19. The molecule has 1 unspecified atom stereocenters. The molecule has 0 spiro atoms. The number of carboxylic acid groups (broad SMARTS) is 1. The molecule has 0 aromatic carbocycles. The van der Waals surface area contributed by atoms with E-state index < -0.39 is 5.97 Å². The number of hydrogen-bond donors (Lipinski definition) is 1. The number of urea groups is 1. The minimum absolute atomic E-state index is 0.0697. The molecule has 7 heteroatoms. The Balaban J connectivity index is 1.80. The zero-order valence-electron chi connectivity index (χ0n) is 12.0. The van der Waals surface area contributed by atoms with Crippen LogP contribution in [0.4, 0.5) is 4.79 Å². The van der Waals surface area contributed by atoms with E-state index in [0.29, 0.717) is 31.4 Å². The topological polar surface area (TPSA) is 64.1 Å². The summed E-state index contributed by atoms with van der Waals surface area (Å²) in [6.07, 6.45) is 1.10. The number of thioether (sulfide) groups is 1. The molecule has 2 rings (SSSR count). The van der Waals surface area contributed by atoms with Gasteiger partial charge in [0.25, 0.3) is 0 Å². The number of carboxylic acids is 1. The maximum Gasteiger partial charge on any atom is 0.320 e. The van der Waals surface area contributed by atoms with Crippen LogP contribution in [0.15, 0.2) is 0 Å². The Hall–Kier alpha value is -0.950. The van der Waals surface area contributed by atoms with E-state index in [1.807, 2.05) is 26.5 Å². The Morgan fingerprint density at radius 3 is 2.45 bits per heavy atom. The molecule has 1 N–H and O–H groups in total. The highest BCUT2D eigenvalue weighted by molar-refractivity contribution is 8.00. The van der Waals surface area contributed by atoms with Crippen molar-refractivity contribution in [1.82, 2.24) is 14.7 Å². The van der Waals surface area contributed by atoms with Crippen LogP contribution in [-0.2, 0) is 4.79 Å². The van der Waals surface area contributed by atoms with E-state index in [-0.39, 0.29) is 12.6 Å². The summed E-state index contributed by atoms with van der Waals surface area (Å²) in [5.74, 6) is 0.215. The third-order valence-corrected chi connectivity index (χ3v) is 5.24. The summed E-state index contributed by atoms with van der Waals surface area (Å²) in [6.45, 7) is 6.47. The van der Waals surface area contributed by atoms with Crippen molar-refractivity contribution < 1.29 is 14.7 Å². The van der Waals surface area contributed by atoms with Gasteiger partial charge in [0.2, 0.25) is 0 Å². The average Bonchev–Trinajstić information content (AvgIpc) is 2.47. The van der Waals surface area contributed by atoms with Crippen molar-refractivity contribution in [3.63, 3.8) is 0 Å². The lowest BCUT2D eigenvalue weighted by Crippen LogP contribution is -2.55. The van der Waals surface area contributed by atoms with Gasteiger partial charge in [-0.3, -0.25) is 9.69 Å². The Kier molecular flexibility index (Phi) is 5.54. The van der Waals surface area contributed by atoms with Gasteiger partial charge in [-0.2, -0.15) is 11.8 Å². The predicted molar refractivity (Wildman–Crippen MR) is 79.2 cm³/mol. The lowest BCUT2D eigenvalue weighted by molar-refractivity contribution is -0.138.